The maximum atomic E-state index is 4.02. The largest absolute Gasteiger partial charge is 0.279 e. The minimum Gasteiger partial charge on any atom is -0.279 e. The summed E-state index contributed by atoms with van der Waals surface area (Å²) in [5.74, 6) is 0. The number of rotatable bonds is 10. The van der Waals surface area contributed by atoms with Gasteiger partial charge in [-0.3, -0.25) is 5.43 Å². The molecule has 0 fully saturated rings. The molecule has 0 spiro atoms. The second-order valence-corrected chi connectivity index (χ2v) is 5.90. The molecule has 0 radical (unpaired) electrons. The van der Waals surface area contributed by atoms with E-state index in [0.717, 1.165) is 30.5 Å². The van der Waals surface area contributed by atoms with Crippen LogP contribution in [0.3, 0.4) is 0 Å². The van der Waals surface area contributed by atoms with Crippen molar-refractivity contribution in [1.29, 1.82) is 0 Å². The van der Waals surface area contributed by atoms with Crippen LogP contribution in [-0.4, -0.2) is 6.72 Å². The van der Waals surface area contributed by atoms with Crippen LogP contribution in [0.1, 0.15) is 73.6 Å². The van der Waals surface area contributed by atoms with E-state index in [2.05, 4.69) is 77.0 Å². The van der Waals surface area contributed by atoms with Gasteiger partial charge in [0.2, 0.25) is 0 Å². The zero-order valence-corrected chi connectivity index (χ0v) is 18.0. The Hall–Kier alpha value is -2.27. The number of hydrogen-bond donors (Lipinski definition) is 1. The predicted molar refractivity (Wildman–Crippen MR) is 122 cm³/mol. The molecule has 2 heteroatoms. The minimum absolute atomic E-state index is 0.900. The van der Waals surface area contributed by atoms with Gasteiger partial charge in [-0.25, -0.2) is 0 Å². The Labute approximate surface area is 163 Å². The van der Waals surface area contributed by atoms with E-state index in [9.17, 15) is 0 Å². The molecule has 0 atom stereocenters. The third-order valence-electron chi connectivity index (χ3n) is 3.76. The van der Waals surface area contributed by atoms with Crippen LogP contribution in [-0.2, 0) is 0 Å². The van der Waals surface area contributed by atoms with Crippen molar-refractivity contribution in [2.45, 2.75) is 73.6 Å². The van der Waals surface area contributed by atoms with Gasteiger partial charge < -0.3 is 0 Å². The van der Waals surface area contributed by atoms with Gasteiger partial charge in [-0.2, -0.15) is 5.10 Å². The Morgan fingerprint density at radius 1 is 1.08 bits per heavy atom. The summed E-state index contributed by atoms with van der Waals surface area (Å²) in [6.07, 6.45) is 19.8. The number of terminal acetylenes is 1. The standard InChI is InChI=1S/C17H28N2.C5H10.C2H2/c1-7-11-16(8-2)14(4)12-10-13-15(5)17(9-3)19-18-6;1-4-5(2)3;1-2/h9-10,13,19H,5-8,11-12H2,1-4H3;2,4H2,1,3H3;1-2H/b13-10-,16-14+,17-9-;;. The molecule has 0 aliphatic rings. The van der Waals surface area contributed by atoms with Crippen molar-refractivity contribution >= 4 is 6.72 Å². The highest BCUT2D eigenvalue weighted by molar-refractivity contribution is 5.37. The third kappa shape index (κ3) is 16.6. The van der Waals surface area contributed by atoms with Gasteiger partial charge >= 0.3 is 0 Å². The van der Waals surface area contributed by atoms with Gasteiger partial charge in [0.15, 0.2) is 0 Å². The molecule has 26 heavy (non-hydrogen) atoms. The second kappa shape index (κ2) is 20.8. The van der Waals surface area contributed by atoms with Crippen LogP contribution in [0, 0.1) is 12.8 Å². The fraction of sp³-hybridized carbons (Fsp3) is 0.458. The zero-order valence-electron chi connectivity index (χ0n) is 18.0. The Kier molecular flexibility index (Phi) is 22.8. The maximum absolute atomic E-state index is 4.02. The fourth-order valence-electron chi connectivity index (χ4n) is 2.01. The Morgan fingerprint density at radius 2 is 1.62 bits per heavy atom. The molecule has 0 aromatic rings. The van der Waals surface area contributed by atoms with Gasteiger partial charge in [0.25, 0.3) is 0 Å². The van der Waals surface area contributed by atoms with Crippen LogP contribution < -0.4 is 5.43 Å². The SMILES string of the molecule is C#C.C=C(C)CC.C=NN/C(=C\C)C(=C)/C=C\C/C(C)=C(\CC)CCC. The van der Waals surface area contributed by atoms with Gasteiger partial charge in [0.1, 0.15) is 0 Å². The lowest BCUT2D eigenvalue weighted by atomic mass is 9.99. The molecule has 0 unspecified atom stereocenters. The van der Waals surface area contributed by atoms with Crippen LogP contribution in [0.15, 0.2) is 64.5 Å². The molecule has 0 aliphatic heterocycles. The molecule has 0 rings (SSSR count). The van der Waals surface area contributed by atoms with Crippen molar-refractivity contribution in [3.05, 3.63) is 59.4 Å². The van der Waals surface area contributed by atoms with Gasteiger partial charge in [0.05, 0.1) is 5.70 Å². The van der Waals surface area contributed by atoms with E-state index >= 15 is 0 Å². The van der Waals surface area contributed by atoms with E-state index < -0.39 is 0 Å². The lowest BCUT2D eigenvalue weighted by molar-refractivity contribution is 0.834. The van der Waals surface area contributed by atoms with Gasteiger partial charge in [-0.1, -0.05) is 68.7 Å². The molecular weight excluding hydrogens is 316 g/mol. The van der Waals surface area contributed by atoms with Crippen molar-refractivity contribution in [2.75, 3.05) is 0 Å². The lowest BCUT2D eigenvalue weighted by Gasteiger charge is -2.08. The molecule has 0 bridgehead atoms. The first-order valence-electron chi connectivity index (χ1n) is 9.26. The lowest BCUT2D eigenvalue weighted by Crippen LogP contribution is -2.04. The number of nitrogens with one attached hydrogen (secondary N) is 1. The first kappa shape index (κ1) is 28.5. The molecule has 0 saturated heterocycles. The van der Waals surface area contributed by atoms with Crippen LogP contribution >= 0.6 is 0 Å². The molecule has 0 saturated carbocycles. The molecule has 146 valence electrons. The summed E-state index contributed by atoms with van der Waals surface area (Å²) in [4.78, 5) is 0. The van der Waals surface area contributed by atoms with E-state index in [0.29, 0.717) is 0 Å². The Morgan fingerprint density at radius 3 is 1.96 bits per heavy atom. The summed E-state index contributed by atoms with van der Waals surface area (Å²) in [6, 6.07) is 0. The monoisotopic (exact) mass is 356 g/mol. The minimum atomic E-state index is 0.900. The van der Waals surface area contributed by atoms with E-state index in [1.807, 2.05) is 26.0 Å². The van der Waals surface area contributed by atoms with Crippen LogP contribution in [0.4, 0.5) is 0 Å². The summed E-state index contributed by atoms with van der Waals surface area (Å²) < 4.78 is 0. The van der Waals surface area contributed by atoms with Crippen molar-refractivity contribution in [3.8, 4) is 12.8 Å². The molecule has 0 amide bonds. The summed E-state index contributed by atoms with van der Waals surface area (Å²) in [5, 5.41) is 3.66. The van der Waals surface area contributed by atoms with Crippen molar-refractivity contribution < 1.29 is 0 Å². The highest BCUT2D eigenvalue weighted by Crippen LogP contribution is 2.18. The first-order valence-corrected chi connectivity index (χ1v) is 9.26. The average molecular weight is 357 g/mol. The van der Waals surface area contributed by atoms with Gasteiger partial charge in [-0.15, -0.1) is 19.4 Å². The smallest absolute Gasteiger partial charge is 0.0585 e. The summed E-state index contributed by atoms with van der Waals surface area (Å²) in [7, 11) is 0. The van der Waals surface area contributed by atoms with Gasteiger partial charge in [0, 0.05) is 6.72 Å². The summed E-state index contributed by atoms with van der Waals surface area (Å²) in [5.41, 5.74) is 8.97. The molecule has 2 nitrogen and oxygen atoms in total. The summed E-state index contributed by atoms with van der Waals surface area (Å²) in [6.45, 7) is 23.9. The number of allylic oxidation sites excluding steroid dienone is 6. The molecule has 1 N–H and O–H groups in total. The van der Waals surface area contributed by atoms with Crippen molar-refractivity contribution in [3.63, 3.8) is 0 Å². The molecule has 0 heterocycles. The van der Waals surface area contributed by atoms with E-state index in [1.54, 1.807) is 5.57 Å². The Balaban J connectivity index is -0.000000645. The third-order valence-corrected chi connectivity index (χ3v) is 3.76. The first-order chi connectivity index (χ1) is 12.4. The zero-order chi connectivity index (χ0) is 21.0. The number of hydrazone groups is 1. The average Bonchev–Trinajstić information content (AvgIpc) is 2.65. The molecule has 0 aromatic carbocycles. The Bertz CT molecular complexity index is 514. The number of hydrogen-bond acceptors (Lipinski definition) is 2. The molecule has 0 aromatic heterocycles. The predicted octanol–water partition coefficient (Wildman–Crippen LogP) is 7.35. The van der Waals surface area contributed by atoms with E-state index in [1.165, 1.54) is 24.0 Å². The van der Waals surface area contributed by atoms with Crippen LogP contribution in [0.25, 0.3) is 0 Å². The van der Waals surface area contributed by atoms with E-state index in [4.69, 9.17) is 0 Å². The van der Waals surface area contributed by atoms with E-state index in [-0.39, 0.29) is 0 Å². The quantitative estimate of drug-likeness (QED) is 0.143. The highest BCUT2D eigenvalue weighted by atomic mass is 15.3. The molecular formula is C24H40N2. The second-order valence-electron chi connectivity index (χ2n) is 5.90. The van der Waals surface area contributed by atoms with Crippen LogP contribution in [0.5, 0.6) is 0 Å². The maximum Gasteiger partial charge on any atom is 0.0585 e. The summed E-state index contributed by atoms with van der Waals surface area (Å²) >= 11 is 0. The van der Waals surface area contributed by atoms with Crippen molar-refractivity contribution in [2.24, 2.45) is 5.10 Å². The van der Waals surface area contributed by atoms with Gasteiger partial charge in [-0.05, 0) is 52.0 Å². The topological polar surface area (TPSA) is 24.4 Å². The normalized spacial score (nSPS) is 11.3. The number of nitrogens with zero attached hydrogens (tertiary/aromatic N) is 1. The fourth-order valence-corrected chi connectivity index (χ4v) is 2.01. The molecule has 0 aliphatic carbocycles. The van der Waals surface area contributed by atoms with Crippen molar-refractivity contribution in [1.82, 2.24) is 5.43 Å². The highest BCUT2D eigenvalue weighted by Gasteiger charge is 1.99. The van der Waals surface area contributed by atoms with Crippen LogP contribution in [0.2, 0.25) is 0 Å².